The van der Waals surface area contributed by atoms with Gasteiger partial charge in [0, 0.05) is 102 Å². The zero-order valence-corrected chi connectivity index (χ0v) is 57.5. The van der Waals surface area contributed by atoms with E-state index in [9.17, 15) is 0 Å². The molecule has 2 heterocycles. The second-order valence-corrected chi connectivity index (χ2v) is 28.8. The minimum absolute atomic E-state index is 0.149. The number of fused-ring (bicyclic) bond motifs is 11. The molecule has 0 bridgehead atoms. The number of para-hydroxylation sites is 5. The zero-order chi connectivity index (χ0) is 67.4. The van der Waals surface area contributed by atoms with E-state index in [1.807, 2.05) is 22.7 Å². The summed E-state index contributed by atoms with van der Waals surface area (Å²) in [4.78, 5) is 4.78. The molecule has 6 heteroatoms. The third-order valence-electron chi connectivity index (χ3n) is 20.0. The molecule has 0 amide bonds. The first-order chi connectivity index (χ1) is 49.8. The average Bonchev–Trinajstić information content (AvgIpc) is 1.57. The fourth-order valence-electron chi connectivity index (χ4n) is 15.1. The van der Waals surface area contributed by atoms with E-state index in [0.717, 1.165) is 51.2 Å². The number of anilines is 10. The second kappa shape index (κ2) is 25.8. The Labute approximate surface area is 596 Å². The van der Waals surface area contributed by atoms with Gasteiger partial charge < -0.3 is 20.4 Å². The number of hydrogen-bond acceptors (Lipinski definition) is 6. The van der Waals surface area contributed by atoms with E-state index in [-0.39, 0.29) is 5.41 Å². The van der Waals surface area contributed by atoms with E-state index in [1.165, 1.54) is 123 Å². The van der Waals surface area contributed by atoms with E-state index in [1.54, 1.807) is 0 Å². The van der Waals surface area contributed by atoms with E-state index in [4.69, 9.17) is 0 Å². The lowest BCUT2D eigenvalue weighted by molar-refractivity contribution is 0.660. The monoisotopic (exact) mass is 1330 g/mol. The van der Waals surface area contributed by atoms with Crippen LogP contribution in [-0.2, 0) is 5.41 Å². The quantitative estimate of drug-likeness (QED) is 0.120. The van der Waals surface area contributed by atoms with Crippen LogP contribution in [0, 0.1) is 0 Å². The number of hydrogen-bond donors (Lipinski definition) is 2. The molecule has 101 heavy (non-hydrogen) atoms. The Morgan fingerprint density at radius 3 is 1.36 bits per heavy atom. The summed E-state index contributed by atoms with van der Waals surface area (Å²) < 4.78 is 5.13. The number of thiophene rings is 2. The van der Waals surface area contributed by atoms with Gasteiger partial charge in [0.1, 0.15) is 0 Å². The summed E-state index contributed by atoms with van der Waals surface area (Å²) >= 11 is 3.70. The first-order valence-electron chi connectivity index (χ1n) is 34.5. The highest BCUT2D eigenvalue weighted by atomic mass is 32.1. The Kier molecular flexibility index (Phi) is 15.6. The van der Waals surface area contributed by atoms with Gasteiger partial charge in [0.25, 0.3) is 0 Å². The van der Waals surface area contributed by atoms with Crippen LogP contribution in [0.5, 0.6) is 0 Å². The minimum Gasteiger partial charge on any atom is -0.355 e. The van der Waals surface area contributed by atoms with Gasteiger partial charge in [-0.25, -0.2) is 0 Å². The molecule has 0 aliphatic heterocycles. The Morgan fingerprint density at radius 1 is 0.248 bits per heavy atom. The van der Waals surface area contributed by atoms with E-state index >= 15 is 0 Å². The van der Waals surface area contributed by atoms with Crippen molar-refractivity contribution in [2.24, 2.45) is 0 Å². The fourth-order valence-corrected chi connectivity index (χ4v) is 17.4. The summed E-state index contributed by atoms with van der Waals surface area (Å²) in [5.74, 6) is 0. The topological polar surface area (TPSA) is 30.5 Å². The van der Waals surface area contributed by atoms with E-state index in [0.29, 0.717) is 0 Å². The lowest BCUT2D eigenvalue weighted by atomic mass is 9.81. The number of benzene rings is 16. The molecule has 0 fully saturated rings. The van der Waals surface area contributed by atoms with Crippen LogP contribution in [0.1, 0.15) is 25.0 Å². The van der Waals surface area contributed by atoms with Gasteiger partial charge in [-0.2, -0.15) is 0 Å². The first kappa shape index (κ1) is 61.0. The van der Waals surface area contributed by atoms with Crippen molar-refractivity contribution in [3.8, 4) is 44.5 Å². The molecule has 0 saturated carbocycles. The second-order valence-electron chi connectivity index (χ2n) is 26.6. The third-order valence-corrected chi connectivity index (χ3v) is 22.2. The highest BCUT2D eigenvalue weighted by Crippen LogP contribution is 2.56. The molecule has 0 unspecified atom stereocenters. The van der Waals surface area contributed by atoms with Crippen molar-refractivity contribution in [2.45, 2.75) is 19.3 Å². The number of nitrogens with one attached hydrogen (secondary N) is 2. The molecule has 1 aliphatic rings. The van der Waals surface area contributed by atoms with Crippen molar-refractivity contribution in [2.75, 3.05) is 20.4 Å². The lowest BCUT2D eigenvalue weighted by Gasteiger charge is -2.29. The van der Waals surface area contributed by atoms with Gasteiger partial charge in [-0.05, 0) is 206 Å². The standard InChI is InChI=1S/C49H36N2S.C46H32N2S/c1-49(2)43-20-12-11-19-41(43)48-44(49)29-35(30-45(48)51(38-15-5-3-6-16-38)39-17-7-4-8-18-39)34-22-26-46-42(28-34)40-25-24-37(31-47(40)52-46)50-36-23-21-32-13-9-10-14-33(32)27-36;1-3-17-37(18-4-1)48(38-19-5-2-6-20-38)44-24-10-9-22-41(44)34-25-28-45-43(30-34)42-27-26-36(31-46(42)49-45)47-35-16-11-15-33(29-35)40-23-12-14-32-13-7-8-21-39(32)40/h3-31,50H,1-2H3;1-31,47H. The fraction of sp³-hybridized carbons (Fsp3) is 0.0316. The molecule has 1 aliphatic carbocycles. The molecule has 2 aromatic heterocycles. The van der Waals surface area contributed by atoms with Gasteiger partial charge in [-0.3, -0.25) is 0 Å². The summed E-state index contributed by atoms with van der Waals surface area (Å²) in [6.45, 7) is 4.75. The van der Waals surface area contributed by atoms with Crippen LogP contribution >= 0.6 is 22.7 Å². The smallest absolute Gasteiger partial charge is 0.0549 e. The van der Waals surface area contributed by atoms with Crippen LogP contribution in [-0.4, -0.2) is 0 Å². The van der Waals surface area contributed by atoms with Crippen molar-refractivity contribution in [3.05, 3.63) is 375 Å². The molecular weight excluding hydrogens is 1260 g/mol. The van der Waals surface area contributed by atoms with Crippen molar-refractivity contribution in [3.63, 3.8) is 0 Å². The summed E-state index contributed by atoms with van der Waals surface area (Å²) in [6.07, 6.45) is 0. The summed E-state index contributed by atoms with van der Waals surface area (Å²) in [7, 11) is 0. The van der Waals surface area contributed by atoms with Gasteiger partial charge in [0.15, 0.2) is 0 Å². The molecule has 16 aromatic carbocycles. The minimum atomic E-state index is -0.149. The number of nitrogens with zero attached hydrogens (tertiary/aromatic N) is 2. The highest BCUT2D eigenvalue weighted by Gasteiger charge is 2.39. The molecule has 19 rings (SSSR count). The number of rotatable bonds is 13. The van der Waals surface area contributed by atoms with Crippen LogP contribution in [0.15, 0.2) is 364 Å². The maximum atomic E-state index is 3.69. The SMILES string of the molecule is CC1(C)c2ccccc2-c2c(N(c3ccccc3)c3ccccc3)cc(-c3ccc4sc5cc(Nc6ccc7ccccc7c6)ccc5c4c3)cc21.c1ccc(N(c2ccccc2)c2ccccc2-c2ccc3sc4cc(Nc5cccc(-c6cccc7ccccc67)c5)ccc4c3c2)cc1. The molecule has 2 N–H and O–H groups in total. The Hall–Kier alpha value is -12.3. The van der Waals surface area contributed by atoms with Crippen LogP contribution in [0.4, 0.5) is 56.9 Å². The highest BCUT2D eigenvalue weighted by molar-refractivity contribution is 7.26. The summed E-state index contributed by atoms with van der Waals surface area (Å²) in [5, 5.41) is 17.5. The Balaban J connectivity index is 0.000000145. The lowest BCUT2D eigenvalue weighted by Crippen LogP contribution is -2.16. The van der Waals surface area contributed by atoms with E-state index in [2.05, 4.69) is 398 Å². The van der Waals surface area contributed by atoms with Gasteiger partial charge in [-0.15, -0.1) is 22.7 Å². The van der Waals surface area contributed by atoms with Crippen molar-refractivity contribution in [1.82, 2.24) is 0 Å². The maximum absolute atomic E-state index is 3.69. The first-order valence-corrected chi connectivity index (χ1v) is 36.2. The predicted molar refractivity (Wildman–Crippen MR) is 436 cm³/mol. The summed E-state index contributed by atoms with van der Waals surface area (Å²) in [6, 6.07) is 132. The van der Waals surface area contributed by atoms with E-state index < -0.39 is 0 Å². The van der Waals surface area contributed by atoms with Gasteiger partial charge in [-0.1, -0.05) is 238 Å². The molecule has 0 atom stereocenters. The normalized spacial score (nSPS) is 12.1. The molecule has 0 spiro atoms. The third kappa shape index (κ3) is 11.5. The van der Waals surface area contributed by atoms with Gasteiger partial charge >= 0.3 is 0 Å². The average molecular weight is 1330 g/mol. The maximum Gasteiger partial charge on any atom is 0.0549 e. The summed E-state index contributed by atoms with van der Waals surface area (Å²) in [5.41, 5.74) is 23.7. The van der Waals surface area contributed by atoms with Crippen LogP contribution in [0.3, 0.4) is 0 Å². The molecule has 0 radical (unpaired) electrons. The van der Waals surface area contributed by atoms with Crippen LogP contribution in [0.2, 0.25) is 0 Å². The molecule has 18 aromatic rings. The Bertz CT molecular complexity index is 6050. The van der Waals surface area contributed by atoms with Gasteiger partial charge in [0.05, 0.1) is 11.4 Å². The Morgan fingerprint density at radius 2 is 0.713 bits per heavy atom. The predicted octanol–water partition coefficient (Wildman–Crippen LogP) is 28.1. The molecule has 480 valence electrons. The van der Waals surface area contributed by atoms with Crippen molar-refractivity contribution < 1.29 is 0 Å². The van der Waals surface area contributed by atoms with Crippen LogP contribution in [0.25, 0.3) is 106 Å². The zero-order valence-electron chi connectivity index (χ0n) is 55.9. The largest absolute Gasteiger partial charge is 0.355 e. The molecule has 4 nitrogen and oxygen atoms in total. The molecular formula is C95H68N4S2. The molecule has 0 saturated heterocycles. The van der Waals surface area contributed by atoms with Crippen LogP contribution < -0.4 is 20.4 Å². The van der Waals surface area contributed by atoms with Gasteiger partial charge in [0.2, 0.25) is 0 Å². The van der Waals surface area contributed by atoms with Crippen molar-refractivity contribution in [1.29, 1.82) is 0 Å². The van der Waals surface area contributed by atoms with Crippen molar-refractivity contribution >= 4 is 141 Å².